The Kier molecular flexibility index (Phi) is 5.29. The van der Waals surface area contributed by atoms with E-state index in [9.17, 15) is 22.9 Å². The first-order valence-corrected chi connectivity index (χ1v) is 9.60. The maximum Gasteiger partial charge on any atom is 0.269 e. The normalized spacial score (nSPS) is 15.6. The lowest BCUT2D eigenvalue weighted by molar-refractivity contribution is -0.384. The van der Waals surface area contributed by atoms with Gasteiger partial charge in [-0.3, -0.25) is 10.1 Å². The van der Waals surface area contributed by atoms with Gasteiger partial charge < -0.3 is 9.64 Å². The number of hydrogen-bond donors (Lipinski definition) is 0. The minimum absolute atomic E-state index is 0.00139. The van der Waals surface area contributed by atoms with Gasteiger partial charge in [0.2, 0.25) is 10.0 Å². The van der Waals surface area contributed by atoms with Gasteiger partial charge in [-0.25, -0.2) is 12.8 Å². The molecule has 0 saturated carbocycles. The molecule has 1 heterocycles. The van der Waals surface area contributed by atoms with Crippen LogP contribution in [0.5, 0.6) is 5.75 Å². The summed E-state index contributed by atoms with van der Waals surface area (Å²) < 4.78 is 45.4. The first kappa shape index (κ1) is 19.1. The predicted molar refractivity (Wildman–Crippen MR) is 97.0 cm³/mol. The monoisotopic (exact) mass is 395 g/mol. The molecular weight excluding hydrogens is 377 g/mol. The van der Waals surface area contributed by atoms with E-state index in [4.69, 9.17) is 4.74 Å². The van der Waals surface area contributed by atoms with Gasteiger partial charge in [0.1, 0.15) is 0 Å². The molecule has 0 amide bonds. The number of non-ortho nitro benzene ring substituents is 1. The highest BCUT2D eigenvalue weighted by atomic mass is 32.2. The van der Waals surface area contributed by atoms with E-state index in [1.165, 1.54) is 35.7 Å². The topological polar surface area (TPSA) is 93.0 Å². The number of sulfonamides is 1. The Hall–Kier alpha value is -2.72. The summed E-state index contributed by atoms with van der Waals surface area (Å²) in [4.78, 5) is 12.1. The number of nitro benzene ring substituents is 1. The van der Waals surface area contributed by atoms with E-state index >= 15 is 0 Å². The van der Waals surface area contributed by atoms with Crippen molar-refractivity contribution in [2.45, 2.75) is 4.90 Å². The number of nitro groups is 1. The minimum Gasteiger partial charge on any atom is -0.494 e. The van der Waals surface area contributed by atoms with Crippen LogP contribution in [0.4, 0.5) is 15.8 Å². The molecular formula is C17H18FN3O5S. The number of benzene rings is 2. The molecule has 0 aromatic heterocycles. The van der Waals surface area contributed by atoms with Gasteiger partial charge in [0, 0.05) is 44.0 Å². The summed E-state index contributed by atoms with van der Waals surface area (Å²) in [5.74, 6) is -0.750. The number of hydrogen-bond acceptors (Lipinski definition) is 6. The molecule has 1 aliphatic rings. The maximum atomic E-state index is 13.9. The molecule has 10 heteroatoms. The molecule has 1 aliphatic heterocycles. The lowest BCUT2D eigenvalue weighted by atomic mass is 10.2. The summed E-state index contributed by atoms with van der Waals surface area (Å²) in [7, 11) is -2.50. The number of nitrogens with zero attached hydrogens (tertiary/aromatic N) is 3. The van der Waals surface area contributed by atoms with Crippen LogP contribution in [-0.2, 0) is 10.0 Å². The Labute approximate surface area is 156 Å². The summed E-state index contributed by atoms with van der Waals surface area (Å²) in [6.07, 6.45) is 0. The molecule has 1 fully saturated rings. The number of piperazine rings is 1. The van der Waals surface area contributed by atoms with E-state index in [1.54, 1.807) is 12.1 Å². The van der Waals surface area contributed by atoms with Gasteiger partial charge >= 0.3 is 0 Å². The summed E-state index contributed by atoms with van der Waals surface area (Å²) >= 11 is 0. The van der Waals surface area contributed by atoms with Gasteiger partial charge in [-0.1, -0.05) is 0 Å². The fraction of sp³-hybridized carbons (Fsp3) is 0.294. The van der Waals surface area contributed by atoms with Crippen LogP contribution in [-0.4, -0.2) is 50.9 Å². The van der Waals surface area contributed by atoms with Gasteiger partial charge in [0.25, 0.3) is 5.69 Å². The highest BCUT2D eigenvalue weighted by molar-refractivity contribution is 7.89. The molecule has 0 spiro atoms. The Morgan fingerprint density at radius 3 is 2.22 bits per heavy atom. The zero-order valence-electron chi connectivity index (χ0n) is 14.5. The first-order valence-electron chi connectivity index (χ1n) is 8.16. The second-order valence-corrected chi connectivity index (χ2v) is 7.90. The molecule has 0 atom stereocenters. The van der Waals surface area contributed by atoms with Crippen LogP contribution in [0, 0.1) is 15.9 Å². The van der Waals surface area contributed by atoms with E-state index in [0.717, 1.165) is 11.8 Å². The predicted octanol–water partition coefficient (Wildman–Crippen LogP) is 2.25. The molecule has 3 rings (SSSR count). The van der Waals surface area contributed by atoms with Crippen molar-refractivity contribution in [3.8, 4) is 5.75 Å². The van der Waals surface area contributed by atoms with Crippen LogP contribution >= 0.6 is 0 Å². The van der Waals surface area contributed by atoms with Crippen LogP contribution in [0.2, 0.25) is 0 Å². The summed E-state index contributed by atoms with van der Waals surface area (Å²) in [6, 6.07) is 9.67. The van der Waals surface area contributed by atoms with E-state index in [2.05, 4.69) is 0 Å². The smallest absolute Gasteiger partial charge is 0.269 e. The van der Waals surface area contributed by atoms with Crippen LogP contribution < -0.4 is 9.64 Å². The molecule has 0 bridgehead atoms. The van der Waals surface area contributed by atoms with Crippen molar-refractivity contribution < 1.29 is 22.5 Å². The molecule has 8 nitrogen and oxygen atoms in total. The third-order valence-electron chi connectivity index (χ3n) is 4.43. The summed E-state index contributed by atoms with van der Waals surface area (Å²) in [5.41, 5.74) is 0.787. The molecule has 2 aromatic rings. The first-order chi connectivity index (χ1) is 12.8. The lowest BCUT2D eigenvalue weighted by Crippen LogP contribution is -2.48. The van der Waals surface area contributed by atoms with Crippen molar-refractivity contribution in [2.24, 2.45) is 0 Å². The molecule has 0 radical (unpaired) electrons. The minimum atomic E-state index is -3.81. The Balaban J connectivity index is 1.71. The largest absolute Gasteiger partial charge is 0.494 e. The second kappa shape index (κ2) is 7.49. The van der Waals surface area contributed by atoms with E-state index in [0.29, 0.717) is 13.1 Å². The van der Waals surface area contributed by atoms with Crippen molar-refractivity contribution in [1.29, 1.82) is 0 Å². The number of methoxy groups -OCH3 is 1. The van der Waals surface area contributed by atoms with Gasteiger partial charge in [0.15, 0.2) is 11.6 Å². The third-order valence-corrected chi connectivity index (χ3v) is 6.32. The van der Waals surface area contributed by atoms with E-state index < -0.39 is 20.8 Å². The lowest BCUT2D eigenvalue weighted by Gasteiger charge is -2.35. The highest BCUT2D eigenvalue weighted by Gasteiger charge is 2.29. The number of halogens is 1. The third kappa shape index (κ3) is 3.86. The molecule has 1 saturated heterocycles. The zero-order valence-corrected chi connectivity index (χ0v) is 15.4. The van der Waals surface area contributed by atoms with E-state index in [1.807, 2.05) is 4.90 Å². The van der Waals surface area contributed by atoms with Gasteiger partial charge in [-0.05, 0) is 30.3 Å². The van der Waals surface area contributed by atoms with E-state index in [-0.39, 0.29) is 29.4 Å². The number of ether oxygens (including phenoxy) is 1. The molecule has 0 aliphatic carbocycles. The zero-order chi connectivity index (χ0) is 19.6. The number of anilines is 1. The maximum absolute atomic E-state index is 13.9. The van der Waals surface area contributed by atoms with Gasteiger partial charge in [-0.15, -0.1) is 0 Å². The molecule has 144 valence electrons. The Bertz CT molecular complexity index is 942. The van der Waals surface area contributed by atoms with Crippen molar-refractivity contribution in [1.82, 2.24) is 4.31 Å². The van der Waals surface area contributed by atoms with Crippen LogP contribution in [0.3, 0.4) is 0 Å². The van der Waals surface area contributed by atoms with Crippen LogP contribution in [0.15, 0.2) is 47.4 Å². The Morgan fingerprint density at radius 1 is 1.07 bits per heavy atom. The molecule has 27 heavy (non-hydrogen) atoms. The van der Waals surface area contributed by atoms with Crippen molar-refractivity contribution in [3.05, 3.63) is 58.4 Å². The van der Waals surface area contributed by atoms with Crippen molar-refractivity contribution >= 4 is 21.4 Å². The quantitative estimate of drug-likeness (QED) is 0.569. The highest BCUT2D eigenvalue weighted by Crippen LogP contribution is 2.25. The SMILES string of the molecule is COc1ccc(S(=O)(=O)N2CCN(c3ccc([N+](=O)[O-])cc3)CC2)cc1F. The van der Waals surface area contributed by atoms with Gasteiger partial charge in [0.05, 0.1) is 16.9 Å². The van der Waals surface area contributed by atoms with Crippen LogP contribution in [0.1, 0.15) is 0 Å². The summed E-state index contributed by atoms with van der Waals surface area (Å²) in [5, 5.41) is 10.7. The molecule has 0 unspecified atom stereocenters. The van der Waals surface area contributed by atoms with Crippen molar-refractivity contribution in [2.75, 3.05) is 38.2 Å². The average molecular weight is 395 g/mol. The standard InChI is InChI=1S/C17H18FN3O5S/c1-26-17-7-6-15(12-16(17)18)27(24,25)20-10-8-19(9-11-20)13-2-4-14(5-3-13)21(22)23/h2-7,12H,8-11H2,1H3. The second-order valence-electron chi connectivity index (χ2n) is 5.96. The summed E-state index contributed by atoms with van der Waals surface area (Å²) in [6.45, 7) is 1.31. The van der Waals surface area contributed by atoms with Gasteiger partial charge in [-0.2, -0.15) is 4.31 Å². The Morgan fingerprint density at radius 2 is 1.70 bits per heavy atom. The number of rotatable bonds is 5. The van der Waals surface area contributed by atoms with Crippen molar-refractivity contribution in [3.63, 3.8) is 0 Å². The fourth-order valence-corrected chi connectivity index (χ4v) is 4.36. The fourth-order valence-electron chi connectivity index (χ4n) is 2.93. The van der Waals surface area contributed by atoms with Crippen LogP contribution in [0.25, 0.3) is 0 Å². The molecule has 0 N–H and O–H groups in total. The molecule has 2 aromatic carbocycles. The average Bonchev–Trinajstić information content (AvgIpc) is 2.68.